The minimum absolute atomic E-state index is 0.0336. The number of hydrogen-bond acceptors (Lipinski definition) is 5. The van der Waals surface area contributed by atoms with E-state index in [9.17, 15) is 10.1 Å². The Balaban J connectivity index is 2.94. The number of benzene rings is 1. The minimum Gasteiger partial charge on any atom is -0.493 e. The number of nitro groups is 1. The highest BCUT2D eigenvalue weighted by Gasteiger charge is 2.19. The van der Waals surface area contributed by atoms with Crippen LogP contribution in [0.5, 0.6) is 11.5 Å². The van der Waals surface area contributed by atoms with Crippen molar-refractivity contribution in [1.82, 2.24) is 0 Å². The Morgan fingerprint density at radius 2 is 2.05 bits per heavy atom. The fourth-order valence-corrected chi connectivity index (χ4v) is 1.71. The van der Waals surface area contributed by atoms with Gasteiger partial charge in [0.2, 0.25) is 0 Å². The van der Waals surface area contributed by atoms with Crippen LogP contribution >= 0.6 is 11.6 Å². The number of rotatable bonds is 8. The summed E-state index contributed by atoms with van der Waals surface area (Å²) in [5.74, 6) is 0.756. The number of halogens is 1. The second-order valence-corrected chi connectivity index (χ2v) is 3.84. The van der Waals surface area contributed by atoms with Crippen molar-refractivity contribution in [2.24, 2.45) is 0 Å². The molecule has 19 heavy (non-hydrogen) atoms. The van der Waals surface area contributed by atoms with Gasteiger partial charge < -0.3 is 14.2 Å². The lowest BCUT2D eigenvalue weighted by molar-refractivity contribution is -0.385. The zero-order valence-electron chi connectivity index (χ0n) is 10.8. The summed E-state index contributed by atoms with van der Waals surface area (Å²) >= 11 is 5.68. The molecule has 0 amide bonds. The monoisotopic (exact) mass is 289 g/mol. The summed E-state index contributed by atoms with van der Waals surface area (Å²) in [7, 11) is 1.47. The molecular weight excluding hydrogens is 274 g/mol. The average molecular weight is 290 g/mol. The average Bonchev–Trinajstić information content (AvgIpc) is 2.42. The number of nitro benzene ring substituents is 1. The van der Waals surface area contributed by atoms with Crippen LogP contribution in [0.25, 0.3) is 0 Å². The number of alkyl halides is 1. The number of methoxy groups -OCH3 is 1. The first-order valence-electron chi connectivity index (χ1n) is 5.75. The Morgan fingerprint density at radius 3 is 2.58 bits per heavy atom. The molecule has 0 bridgehead atoms. The van der Waals surface area contributed by atoms with E-state index in [1.165, 1.54) is 19.2 Å². The normalized spacial score (nSPS) is 10.3. The van der Waals surface area contributed by atoms with Gasteiger partial charge in [-0.15, -0.1) is 11.6 Å². The molecule has 6 nitrogen and oxygen atoms in total. The summed E-state index contributed by atoms with van der Waals surface area (Å²) in [5.41, 5.74) is 0.308. The van der Waals surface area contributed by atoms with Crippen LogP contribution in [-0.2, 0) is 10.6 Å². The molecule has 0 heterocycles. The minimum atomic E-state index is -0.493. The van der Waals surface area contributed by atoms with Crippen molar-refractivity contribution in [1.29, 1.82) is 0 Å². The molecule has 0 aliphatic carbocycles. The molecule has 0 atom stereocenters. The lowest BCUT2D eigenvalue weighted by atomic mass is 10.2. The van der Waals surface area contributed by atoms with Crippen molar-refractivity contribution in [3.8, 4) is 11.5 Å². The van der Waals surface area contributed by atoms with Gasteiger partial charge in [0.25, 0.3) is 5.69 Å². The standard InChI is InChI=1S/C12H16ClNO5/c1-3-18-4-5-19-12-7-10(14(15)16)9(8-13)6-11(12)17-2/h6-7H,3-5,8H2,1-2H3. The predicted octanol–water partition coefficient (Wildman–Crippen LogP) is 2.76. The highest BCUT2D eigenvalue weighted by Crippen LogP contribution is 2.35. The van der Waals surface area contributed by atoms with Crippen LogP contribution in [0.4, 0.5) is 5.69 Å². The third kappa shape index (κ3) is 4.25. The van der Waals surface area contributed by atoms with Gasteiger partial charge in [-0.2, -0.15) is 0 Å². The molecular formula is C12H16ClNO5. The first-order valence-corrected chi connectivity index (χ1v) is 6.29. The summed E-state index contributed by atoms with van der Waals surface area (Å²) in [4.78, 5) is 10.4. The molecule has 0 unspecified atom stereocenters. The van der Waals surface area contributed by atoms with Crippen LogP contribution in [0.1, 0.15) is 12.5 Å². The topological polar surface area (TPSA) is 70.8 Å². The predicted molar refractivity (Wildman–Crippen MR) is 71.2 cm³/mol. The Kier molecular flexibility index (Phi) is 6.38. The van der Waals surface area contributed by atoms with Gasteiger partial charge in [0.15, 0.2) is 11.5 Å². The van der Waals surface area contributed by atoms with E-state index in [-0.39, 0.29) is 11.6 Å². The van der Waals surface area contributed by atoms with Crippen molar-refractivity contribution < 1.29 is 19.1 Å². The van der Waals surface area contributed by atoms with E-state index in [4.69, 9.17) is 25.8 Å². The first kappa shape index (κ1) is 15.5. The van der Waals surface area contributed by atoms with Crippen molar-refractivity contribution in [3.05, 3.63) is 27.8 Å². The Morgan fingerprint density at radius 1 is 1.32 bits per heavy atom. The molecule has 0 N–H and O–H groups in total. The van der Waals surface area contributed by atoms with Crippen molar-refractivity contribution in [3.63, 3.8) is 0 Å². The third-order valence-corrected chi connectivity index (χ3v) is 2.68. The van der Waals surface area contributed by atoms with E-state index in [0.717, 1.165) is 0 Å². The molecule has 7 heteroatoms. The number of nitrogens with zero attached hydrogens (tertiary/aromatic N) is 1. The van der Waals surface area contributed by atoms with E-state index in [0.29, 0.717) is 36.9 Å². The number of ether oxygens (including phenoxy) is 3. The van der Waals surface area contributed by atoms with Gasteiger partial charge >= 0.3 is 0 Å². The molecule has 0 fully saturated rings. The van der Waals surface area contributed by atoms with Crippen LogP contribution in [0, 0.1) is 10.1 Å². The molecule has 0 aromatic heterocycles. The Hall–Kier alpha value is -1.53. The summed E-state index contributed by atoms with van der Waals surface area (Å²) in [5, 5.41) is 10.9. The highest BCUT2D eigenvalue weighted by molar-refractivity contribution is 6.17. The van der Waals surface area contributed by atoms with Crippen LogP contribution < -0.4 is 9.47 Å². The molecule has 0 spiro atoms. The smallest absolute Gasteiger partial charge is 0.277 e. The molecule has 1 aromatic rings. The van der Waals surface area contributed by atoms with Gasteiger partial charge in [0, 0.05) is 12.2 Å². The van der Waals surface area contributed by atoms with Gasteiger partial charge in [0.1, 0.15) is 6.61 Å². The fourth-order valence-electron chi connectivity index (χ4n) is 1.50. The molecule has 0 aliphatic heterocycles. The zero-order chi connectivity index (χ0) is 14.3. The highest BCUT2D eigenvalue weighted by atomic mass is 35.5. The maximum atomic E-state index is 10.9. The summed E-state index contributed by atoms with van der Waals surface area (Å²) < 4.78 is 15.7. The van der Waals surface area contributed by atoms with Crippen LogP contribution in [0.3, 0.4) is 0 Å². The summed E-state index contributed by atoms with van der Waals surface area (Å²) in [6.45, 7) is 3.17. The Labute approximate surface area is 116 Å². The van der Waals surface area contributed by atoms with E-state index in [1.807, 2.05) is 6.92 Å². The molecule has 106 valence electrons. The van der Waals surface area contributed by atoms with Crippen molar-refractivity contribution in [2.75, 3.05) is 26.9 Å². The van der Waals surface area contributed by atoms with E-state index in [1.54, 1.807) is 0 Å². The molecule has 1 rings (SSSR count). The molecule has 0 aliphatic rings. The van der Waals surface area contributed by atoms with Crippen LogP contribution in [0.15, 0.2) is 12.1 Å². The van der Waals surface area contributed by atoms with E-state index < -0.39 is 4.92 Å². The first-order chi connectivity index (χ1) is 9.13. The van der Waals surface area contributed by atoms with Crippen LogP contribution in [-0.4, -0.2) is 31.9 Å². The van der Waals surface area contributed by atoms with Gasteiger partial charge in [-0.3, -0.25) is 10.1 Å². The van der Waals surface area contributed by atoms with Crippen molar-refractivity contribution in [2.45, 2.75) is 12.8 Å². The second kappa shape index (κ2) is 7.81. The van der Waals surface area contributed by atoms with Crippen LogP contribution in [0.2, 0.25) is 0 Å². The largest absolute Gasteiger partial charge is 0.493 e. The van der Waals surface area contributed by atoms with E-state index in [2.05, 4.69) is 0 Å². The fraction of sp³-hybridized carbons (Fsp3) is 0.500. The van der Waals surface area contributed by atoms with E-state index >= 15 is 0 Å². The lowest BCUT2D eigenvalue weighted by Gasteiger charge is -2.12. The van der Waals surface area contributed by atoms with Crippen molar-refractivity contribution >= 4 is 17.3 Å². The second-order valence-electron chi connectivity index (χ2n) is 3.57. The third-order valence-electron chi connectivity index (χ3n) is 2.39. The van der Waals surface area contributed by atoms with Gasteiger partial charge in [-0.25, -0.2) is 0 Å². The number of hydrogen-bond donors (Lipinski definition) is 0. The van der Waals surface area contributed by atoms with Gasteiger partial charge in [-0.1, -0.05) is 0 Å². The molecule has 0 saturated carbocycles. The maximum absolute atomic E-state index is 10.9. The van der Waals surface area contributed by atoms with Gasteiger partial charge in [-0.05, 0) is 13.0 Å². The summed E-state index contributed by atoms with van der Waals surface area (Å²) in [6.07, 6.45) is 0. The SMILES string of the molecule is CCOCCOc1cc([N+](=O)[O-])c(CCl)cc1OC. The summed E-state index contributed by atoms with van der Waals surface area (Å²) in [6, 6.07) is 2.84. The maximum Gasteiger partial charge on any atom is 0.277 e. The van der Waals surface area contributed by atoms with Gasteiger partial charge in [0.05, 0.1) is 30.6 Å². The quantitative estimate of drug-likeness (QED) is 0.318. The molecule has 1 aromatic carbocycles. The lowest BCUT2D eigenvalue weighted by Crippen LogP contribution is -2.08. The molecule has 0 saturated heterocycles. The zero-order valence-corrected chi connectivity index (χ0v) is 11.6. The Bertz CT molecular complexity index is 438. The molecule has 0 radical (unpaired) electrons.